The van der Waals surface area contributed by atoms with Gasteiger partial charge in [-0.05, 0) is 26.2 Å². The third kappa shape index (κ3) is 6.08. The van der Waals surface area contributed by atoms with E-state index in [2.05, 4.69) is 11.4 Å². The van der Waals surface area contributed by atoms with Crippen LogP contribution in [0.4, 0.5) is 0 Å². The van der Waals surface area contributed by atoms with E-state index in [1.165, 1.54) is 0 Å². The average Bonchev–Trinajstić information content (AvgIpc) is 2.17. The summed E-state index contributed by atoms with van der Waals surface area (Å²) in [5.74, 6) is -0.0960. The summed E-state index contributed by atoms with van der Waals surface area (Å²) in [6, 6.07) is 2.07. The summed E-state index contributed by atoms with van der Waals surface area (Å²) in [5.41, 5.74) is 5.09. The van der Waals surface area contributed by atoms with Crippen molar-refractivity contribution < 1.29 is 4.79 Å². The summed E-state index contributed by atoms with van der Waals surface area (Å²) in [7, 11) is 0. The number of unbranched alkanes of at least 4 members (excludes halogenated alkanes) is 2. The number of carbonyl (C=O) groups excluding carboxylic acids is 1. The van der Waals surface area contributed by atoms with Crippen LogP contribution >= 0.6 is 0 Å². The monoisotopic (exact) mass is 211 g/mol. The number of rotatable bonds is 7. The molecule has 0 fully saturated rings. The Labute approximate surface area is 91.8 Å². The molecule has 0 aromatic carbocycles. The molecular formula is C11H21N3O. The van der Waals surface area contributed by atoms with E-state index in [4.69, 9.17) is 11.0 Å². The summed E-state index contributed by atoms with van der Waals surface area (Å²) in [4.78, 5) is 11.6. The van der Waals surface area contributed by atoms with E-state index in [0.717, 1.165) is 19.3 Å². The zero-order valence-electron chi connectivity index (χ0n) is 9.68. The number of nitriles is 1. The van der Waals surface area contributed by atoms with Crippen LogP contribution in [-0.4, -0.2) is 18.0 Å². The number of hydrogen-bond donors (Lipinski definition) is 2. The highest BCUT2D eigenvalue weighted by molar-refractivity contribution is 5.85. The van der Waals surface area contributed by atoms with Crippen molar-refractivity contribution in [2.75, 3.05) is 6.54 Å². The van der Waals surface area contributed by atoms with Gasteiger partial charge in [-0.25, -0.2) is 0 Å². The number of nitrogens with one attached hydrogen (secondary N) is 1. The molecule has 4 heteroatoms. The van der Waals surface area contributed by atoms with Crippen LogP contribution in [-0.2, 0) is 4.79 Å². The van der Waals surface area contributed by atoms with Crippen molar-refractivity contribution in [3.8, 4) is 6.07 Å². The van der Waals surface area contributed by atoms with Crippen LogP contribution in [0.5, 0.6) is 0 Å². The SMILES string of the molecule is CCCC(C)(N)C(=O)NCCCCC#N. The maximum Gasteiger partial charge on any atom is 0.239 e. The predicted molar refractivity (Wildman–Crippen MR) is 60.0 cm³/mol. The van der Waals surface area contributed by atoms with Gasteiger partial charge in [-0.15, -0.1) is 0 Å². The minimum atomic E-state index is -0.760. The van der Waals surface area contributed by atoms with Gasteiger partial charge < -0.3 is 11.1 Å². The van der Waals surface area contributed by atoms with Gasteiger partial charge in [0.2, 0.25) is 5.91 Å². The largest absolute Gasteiger partial charge is 0.355 e. The molecule has 0 aliphatic carbocycles. The zero-order chi connectivity index (χ0) is 11.7. The fourth-order valence-electron chi connectivity index (χ4n) is 1.37. The Morgan fingerprint density at radius 2 is 2.20 bits per heavy atom. The molecule has 0 aromatic rings. The van der Waals surface area contributed by atoms with Crippen LogP contribution in [0.3, 0.4) is 0 Å². The Hall–Kier alpha value is -1.08. The van der Waals surface area contributed by atoms with Gasteiger partial charge in [0, 0.05) is 13.0 Å². The van der Waals surface area contributed by atoms with Crippen LogP contribution in [0.2, 0.25) is 0 Å². The van der Waals surface area contributed by atoms with Gasteiger partial charge in [-0.2, -0.15) is 5.26 Å². The van der Waals surface area contributed by atoms with Gasteiger partial charge in [0.15, 0.2) is 0 Å². The Balaban J connectivity index is 3.69. The van der Waals surface area contributed by atoms with E-state index < -0.39 is 5.54 Å². The molecule has 4 nitrogen and oxygen atoms in total. The number of amides is 1. The zero-order valence-corrected chi connectivity index (χ0v) is 9.68. The van der Waals surface area contributed by atoms with Crippen LogP contribution < -0.4 is 11.1 Å². The van der Waals surface area contributed by atoms with Crippen molar-refractivity contribution in [2.45, 2.75) is 51.5 Å². The van der Waals surface area contributed by atoms with Crippen LogP contribution in [0, 0.1) is 11.3 Å². The van der Waals surface area contributed by atoms with Crippen molar-refractivity contribution in [3.05, 3.63) is 0 Å². The molecule has 3 N–H and O–H groups in total. The molecule has 15 heavy (non-hydrogen) atoms. The standard InChI is InChI=1S/C11H21N3O/c1-3-7-11(2,13)10(15)14-9-6-4-5-8-12/h3-7,9,13H2,1-2H3,(H,14,15). The summed E-state index contributed by atoms with van der Waals surface area (Å²) < 4.78 is 0. The van der Waals surface area contributed by atoms with Crippen molar-refractivity contribution in [2.24, 2.45) is 5.73 Å². The van der Waals surface area contributed by atoms with Crippen molar-refractivity contribution in [3.63, 3.8) is 0 Å². The van der Waals surface area contributed by atoms with Gasteiger partial charge in [-0.1, -0.05) is 13.3 Å². The van der Waals surface area contributed by atoms with Gasteiger partial charge in [0.05, 0.1) is 11.6 Å². The highest BCUT2D eigenvalue weighted by Crippen LogP contribution is 2.08. The molecule has 0 spiro atoms. The van der Waals surface area contributed by atoms with Crippen LogP contribution in [0.15, 0.2) is 0 Å². The molecule has 0 bridgehead atoms. The summed E-state index contributed by atoms with van der Waals surface area (Å²) >= 11 is 0. The van der Waals surface area contributed by atoms with Crippen molar-refractivity contribution in [1.29, 1.82) is 5.26 Å². The minimum Gasteiger partial charge on any atom is -0.355 e. The Morgan fingerprint density at radius 3 is 2.73 bits per heavy atom. The molecule has 1 unspecified atom stereocenters. The second kappa shape index (κ2) is 7.24. The van der Waals surface area contributed by atoms with Gasteiger partial charge >= 0.3 is 0 Å². The minimum absolute atomic E-state index is 0.0960. The summed E-state index contributed by atoms with van der Waals surface area (Å²) in [5, 5.41) is 11.1. The maximum absolute atomic E-state index is 11.6. The summed E-state index contributed by atoms with van der Waals surface area (Å²) in [6.07, 6.45) is 3.80. The predicted octanol–water partition coefficient (Wildman–Crippen LogP) is 1.31. The molecule has 1 amide bonds. The molecule has 0 saturated carbocycles. The average molecular weight is 211 g/mol. The first-order chi connectivity index (χ1) is 7.04. The van der Waals surface area contributed by atoms with Gasteiger partial charge in [0.25, 0.3) is 0 Å². The molecular weight excluding hydrogens is 190 g/mol. The highest BCUT2D eigenvalue weighted by atomic mass is 16.2. The van der Waals surface area contributed by atoms with E-state index in [-0.39, 0.29) is 5.91 Å². The molecule has 0 aliphatic heterocycles. The molecule has 0 radical (unpaired) electrons. The third-order valence-corrected chi connectivity index (χ3v) is 2.29. The highest BCUT2D eigenvalue weighted by Gasteiger charge is 2.26. The fourth-order valence-corrected chi connectivity index (χ4v) is 1.37. The maximum atomic E-state index is 11.6. The quantitative estimate of drug-likeness (QED) is 0.623. The first-order valence-electron chi connectivity index (χ1n) is 5.48. The molecule has 0 aromatic heterocycles. The second-order valence-corrected chi connectivity index (χ2v) is 4.04. The van der Waals surface area contributed by atoms with Gasteiger partial charge in [-0.3, -0.25) is 4.79 Å². The molecule has 0 aliphatic rings. The first kappa shape index (κ1) is 13.9. The Kier molecular flexibility index (Phi) is 6.72. The molecule has 86 valence electrons. The lowest BCUT2D eigenvalue weighted by molar-refractivity contribution is -0.126. The lowest BCUT2D eigenvalue weighted by atomic mass is 9.96. The third-order valence-electron chi connectivity index (χ3n) is 2.29. The van der Waals surface area contributed by atoms with E-state index in [0.29, 0.717) is 19.4 Å². The van der Waals surface area contributed by atoms with E-state index in [9.17, 15) is 4.79 Å². The van der Waals surface area contributed by atoms with E-state index >= 15 is 0 Å². The van der Waals surface area contributed by atoms with Crippen LogP contribution in [0.1, 0.15) is 46.0 Å². The lowest BCUT2D eigenvalue weighted by Gasteiger charge is -2.22. The normalized spacial score (nSPS) is 14.0. The smallest absolute Gasteiger partial charge is 0.239 e. The fraction of sp³-hybridized carbons (Fsp3) is 0.818. The van der Waals surface area contributed by atoms with Crippen molar-refractivity contribution >= 4 is 5.91 Å². The van der Waals surface area contributed by atoms with Crippen LogP contribution in [0.25, 0.3) is 0 Å². The number of nitrogens with two attached hydrogens (primary N) is 1. The Morgan fingerprint density at radius 1 is 1.53 bits per heavy atom. The van der Waals surface area contributed by atoms with E-state index in [1.54, 1.807) is 6.92 Å². The molecule has 0 heterocycles. The topological polar surface area (TPSA) is 78.9 Å². The number of hydrogen-bond acceptors (Lipinski definition) is 3. The molecule has 0 rings (SSSR count). The summed E-state index contributed by atoms with van der Waals surface area (Å²) in [6.45, 7) is 4.36. The van der Waals surface area contributed by atoms with E-state index in [1.807, 2.05) is 6.92 Å². The molecule has 1 atom stereocenters. The first-order valence-corrected chi connectivity index (χ1v) is 5.48. The van der Waals surface area contributed by atoms with Crippen molar-refractivity contribution in [1.82, 2.24) is 5.32 Å². The second-order valence-electron chi connectivity index (χ2n) is 4.04. The molecule has 0 saturated heterocycles. The van der Waals surface area contributed by atoms with Gasteiger partial charge in [0.1, 0.15) is 0 Å². The lowest BCUT2D eigenvalue weighted by Crippen LogP contribution is -2.51. The number of nitrogens with zero attached hydrogens (tertiary/aromatic N) is 1. The number of carbonyl (C=O) groups is 1. The Bertz CT molecular complexity index is 230.